The van der Waals surface area contributed by atoms with Crippen LogP contribution in [0.1, 0.15) is 45.3 Å². The van der Waals surface area contributed by atoms with Crippen molar-refractivity contribution in [2.24, 2.45) is 5.92 Å². The molecule has 2 N–H and O–H groups in total. The Labute approximate surface area is 149 Å². The van der Waals surface area contributed by atoms with Gasteiger partial charge in [0, 0.05) is 18.1 Å². The molecule has 1 amide bonds. The van der Waals surface area contributed by atoms with Gasteiger partial charge in [-0.05, 0) is 31.2 Å². The van der Waals surface area contributed by atoms with Gasteiger partial charge in [0.15, 0.2) is 5.65 Å². The van der Waals surface area contributed by atoms with E-state index in [1.54, 1.807) is 11.3 Å². The fraction of sp³-hybridized carbons (Fsp3) is 0.389. The first kappa shape index (κ1) is 17.4. The highest BCUT2D eigenvalue weighted by Gasteiger charge is 2.19. The van der Waals surface area contributed by atoms with Crippen LogP contribution in [0.15, 0.2) is 34.4 Å². The topological polar surface area (TPSA) is 79.3 Å². The van der Waals surface area contributed by atoms with Crippen LogP contribution in [0.3, 0.4) is 0 Å². The maximum atomic E-state index is 12.4. The maximum Gasteiger partial charge on any atom is 0.272 e. The number of nitrogens with one attached hydrogen (secondary N) is 2. The Hall–Kier alpha value is -2.41. The van der Waals surface area contributed by atoms with Crippen LogP contribution < -0.4 is 10.9 Å². The van der Waals surface area contributed by atoms with Crippen molar-refractivity contribution in [1.82, 2.24) is 19.9 Å². The van der Waals surface area contributed by atoms with Crippen LogP contribution in [0.2, 0.25) is 0 Å². The first-order chi connectivity index (χ1) is 12.0. The highest BCUT2D eigenvalue weighted by molar-refractivity contribution is 7.13. The first-order valence-corrected chi connectivity index (χ1v) is 9.38. The van der Waals surface area contributed by atoms with Gasteiger partial charge in [0.25, 0.3) is 5.56 Å². The summed E-state index contributed by atoms with van der Waals surface area (Å²) in [5.41, 5.74) is 1.78. The van der Waals surface area contributed by atoms with Gasteiger partial charge in [0.2, 0.25) is 5.91 Å². The van der Waals surface area contributed by atoms with Gasteiger partial charge in [0.05, 0.1) is 22.3 Å². The van der Waals surface area contributed by atoms with Crippen LogP contribution in [0.25, 0.3) is 16.2 Å². The van der Waals surface area contributed by atoms with E-state index in [9.17, 15) is 9.59 Å². The van der Waals surface area contributed by atoms with E-state index in [1.165, 1.54) is 10.6 Å². The summed E-state index contributed by atoms with van der Waals surface area (Å²) in [6.45, 7) is 5.85. The fourth-order valence-corrected chi connectivity index (χ4v) is 3.55. The van der Waals surface area contributed by atoms with Crippen LogP contribution in [0.4, 0.5) is 0 Å². The van der Waals surface area contributed by atoms with E-state index < -0.39 is 0 Å². The highest BCUT2D eigenvalue weighted by atomic mass is 32.1. The van der Waals surface area contributed by atoms with Crippen LogP contribution >= 0.6 is 11.3 Å². The Morgan fingerprint density at radius 1 is 1.36 bits per heavy atom. The molecule has 132 valence electrons. The van der Waals surface area contributed by atoms with Gasteiger partial charge in [-0.1, -0.05) is 19.9 Å². The van der Waals surface area contributed by atoms with Crippen molar-refractivity contribution in [1.29, 1.82) is 0 Å². The zero-order valence-corrected chi connectivity index (χ0v) is 15.4. The number of thiophene rings is 1. The molecule has 0 fully saturated rings. The molecule has 3 rings (SSSR count). The highest BCUT2D eigenvalue weighted by Crippen LogP contribution is 2.23. The second-order valence-corrected chi connectivity index (χ2v) is 7.05. The van der Waals surface area contributed by atoms with E-state index >= 15 is 0 Å². The lowest BCUT2D eigenvalue weighted by molar-refractivity contribution is -0.125. The molecule has 0 saturated heterocycles. The quantitative estimate of drug-likeness (QED) is 0.709. The van der Waals surface area contributed by atoms with Gasteiger partial charge in [-0.25, -0.2) is 9.50 Å². The van der Waals surface area contributed by atoms with Crippen LogP contribution in [-0.2, 0) is 4.79 Å². The summed E-state index contributed by atoms with van der Waals surface area (Å²) in [7, 11) is 0. The molecule has 0 unspecified atom stereocenters. The number of rotatable bonds is 6. The van der Waals surface area contributed by atoms with Crippen molar-refractivity contribution in [2.75, 3.05) is 0 Å². The number of carbonyl (C=O) groups is 1. The minimum Gasteiger partial charge on any atom is -0.348 e. The van der Waals surface area contributed by atoms with Crippen molar-refractivity contribution >= 4 is 22.9 Å². The fourth-order valence-electron chi connectivity index (χ4n) is 2.85. The molecule has 3 aromatic heterocycles. The Bertz CT molecular complexity index is 922. The zero-order valence-electron chi connectivity index (χ0n) is 14.6. The molecule has 6 nitrogen and oxygen atoms in total. The standard InChI is InChI=1S/C18H22N4O2S/c1-4-12(5-2)18(24)19-11(3)13-10-17(23)22-16(20-13)9-14(21-22)15-7-6-8-25-15/h6-12,21H,4-5H2,1-3H3,(H,19,24)/t11-/m1/s1. The summed E-state index contributed by atoms with van der Waals surface area (Å²) in [6.07, 6.45) is 1.60. The summed E-state index contributed by atoms with van der Waals surface area (Å²) in [5.74, 6) is -0.00203. The number of fused-ring (bicyclic) bond motifs is 1. The molecule has 0 aliphatic rings. The molecule has 0 aliphatic heterocycles. The third-order valence-electron chi connectivity index (χ3n) is 4.42. The maximum absolute atomic E-state index is 12.4. The zero-order chi connectivity index (χ0) is 18.0. The molecular formula is C18H22N4O2S. The summed E-state index contributed by atoms with van der Waals surface area (Å²) >= 11 is 1.59. The largest absolute Gasteiger partial charge is 0.348 e. The predicted molar refractivity (Wildman–Crippen MR) is 99.8 cm³/mol. The van der Waals surface area contributed by atoms with Crippen molar-refractivity contribution in [3.8, 4) is 10.6 Å². The van der Waals surface area contributed by atoms with E-state index in [4.69, 9.17) is 0 Å². The molecule has 0 spiro atoms. The lowest BCUT2D eigenvalue weighted by Crippen LogP contribution is -2.33. The van der Waals surface area contributed by atoms with Gasteiger partial charge in [-0.2, -0.15) is 0 Å². The van der Waals surface area contributed by atoms with Crippen molar-refractivity contribution in [2.45, 2.75) is 39.7 Å². The monoisotopic (exact) mass is 358 g/mol. The van der Waals surface area contributed by atoms with Crippen molar-refractivity contribution in [3.05, 3.63) is 45.7 Å². The molecule has 25 heavy (non-hydrogen) atoms. The first-order valence-electron chi connectivity index (χ1n) is 8.50. The van der Waals surface area contributed by atoms with E-state index in [2.05, 4.69) is 15.4 Å². The van der Waals surface area contributed by atoms with Gasteiger partial charge in [-0.3, -0.25) is 14.7 Å². The molecule has 3 heterocycles. The number of H-pyrrole nitrogens is 1. The number of aromatic amines is 1. The lowest BCUT2D eigenvalue weighted by atomic mass is 10.0. The third kappa shape index (κ3) is 3.51. The SMILES string of the molecule is CCC(CC)C(=O)N[C@H](C)c1cc(=O)n2[nH]c(-c3cccs3)cc2n1. The lowest BCUT2D eigenvalue weighted by Gasteiger charge is -2.17. The minimum atomic E-state index is -0.314. The van der Waals surface area contributed by atoms with Crippen LogP contribution in [0.5, 0.6) is 0 Å². The Morgan fingerprint density at radius 3 is 2.76 bits per heavy atom. The van der Waals surface area contributed by atoms with E-state index in [-0.39, 0.29) is 23.4 Å². The van der Waals surface area contributed by atoms with E-state index in [1.807, 2.05) is 44.4 Å². The summed E-state index contributed by atoms with van der Waals surface area (Å²) < 4.78 is 1.42. The van der Waals surface area contributed by atoms with E-state index in [0.29, 0.717) is 11.3 Å². The second-order valence-electron chi connectivity index (χ2n) is 6.10. The van der Waals surface area contributed by atoms with Crippen LogP contribution in [0, 0.1) is 5.92 Å². The Morgan fingerprint density at radius 2 is 2.12 bits per heavy atom. The average molecular weight is 358 g/mol. The molecule has 0 bridgehead atoms. The number of hydrogen-bond acceptors (Lipinski definition) is 4. The Kier molecular flexibility index (Phi) is 5.03. The number of carbonyl (C=O) groups excluding carboxylic acids is 1. The third-order valence-corrected chi connectivity index (χ3v) is 5.32. The number of amides is 1. The smallest absolute Gasteiger partial charge is 0.272 e. The molecule has 0 aliphatic carbocycles. The van der Waals surface area contributed by atoms with Crippen molar-refractivity contribution in [3.63, 3.8) is 0 Å². The summed E-state index contributed by atoms with van der Waals surface area (Å²) in [6, 6.07) is 6.96. The Balaban J connectivity index is 1.90. The van der Waals surface area contributed by atoms with Crippen molar-refractivity contribution < 1.29 is 4.79 Å². The number of hydrogen-bond donors (Lipinski definition) is 2. The normalized spacial score (nSPS) is 12.6. The molecule has 3 aromatic rings. The number of aromatic nitrogens is 3. The molecule has 0 saturated carbocycles. The minimum absolute atomic E-state index is 0.00726. The molecule has 1 atom stereocenters. The van der Waals surface area contributed by atoms with Gasteiger partial charge >= 0.3 is 0 Å². The number of nitrogens with zero attached hydrogens (tertiary/aromatic N) is 2. The molecular weight excluding hydrogens is 336 g/mol. The summed E-state index contributed by atoms with van der Waals surface area (Å²) in [5, 5.41) is 8.03. The molecule has 0 aromatic carbocycles. The predicted octanol–water partition coefficient (Wildman–Crippen LogP) is 3.36. The summed E-state index contributed by atoms with van der Waals surface area (Å²) in [4.78, 5) is 30.3. The molecule has 7 heteroatoms. The average Bonchev–Trinajstić information content (AvgIpc) is 3.25. The second kappa shape index (κ2) is 7.23. The van der Waals surface area contributed by atoms with Crippen LogP contribution in [-0.4, -0.2) is 20.5 Å². The van der Waals surface area contributed by atoms with E-state index in [0.717, 1.165) is 23.4 Å². The van der Waals surface area contributed by atoms with Gasteiger partial charge in [-0.15, -0.1) is 11.3 Å². The van der Waals surface area contributed by atoms with Gasteiger partial charge in [0.1, 0.15) is 0 Å². The molecule has 0 radical (unpaired) electrons. The van der Waals surface area contributed by atoms with Gasteiger partial charge < -0.3 is 5.32 Å².